The Kier molecular flexibility index (Phi) is 10.9. The number of ether oxygens (including phenoxy) is 1. The van der Waals surface area contributed by atoms with E-state index >= 15 is 0 Å². The van der Waals surface area contributed by atoms with Crippen LogP contribution in [0, 0.1) is 5.92 Å². The van der Waals surface area contributed by atoms with E-state index in [0.29, 0.717) is 13.2 Å². The van der Waals surface area contributed by atoms with Crippen LogP contribution in [0.5, 0.6) is 0 Å². The normalized spacial score (nSPS) is 13.1. The first-order valence-electron chi connectivity index (χ1n) is 7.63. The molecule has 126 valence electrons. The molecule has 22 heavy (non-hydrogen) atoms. The molecular formula is C17H29ClN2O2. The first kappa shape index (κ1) is 20.9. The van der Waals surface area contributed by atoms with E-state index in [1.165, 1.54) is 5.56 Å². The van der Waals surface area contributed by atoms with Gasteiger partial charge in [-0.15, -0.1) is 12.4 Å². The second-order valence-corrected chi connectivity index (χ2v) is 5.56. The maximum absolute atomic E-state index is 12.4. The van der Waals surface area contributed by atoms with E-state index in [4.69, 9.17) is 10.5 Å². The van der Waals surface area contributed by atoms with Crippen molar-refractivity contribution in [2.75, 3.05) is 26.8 Å². The van der Waals surface area contributed by atoms with Crippen LogP contribution in [0.3, 0.4) is 0 Å². The summed E-state index contributed by atoms with van der Waals surface area (Å²) < 4.78 is 5.10. The van der Waals surface area contributed by atoms with E-state index in [9.17, 15) is 4.79 Å². The van der Waals surface area contributed by atoms with Crippen molar-refractivity contribution in [2.24, 2.45) is 11.7 Å². The number of carbonyl (C=O) groups is 1. The van der Waals surface area contributed by atoms with E-state index in [2.05, 4.69) is 12.1 Å². The summed E-state index contributed by atoms with van der Waals surface area (Å²) in [5, 5.41) is 0. The van der Waals surface area contributed by atoms with E-state index < -0.39 is 0 Å². The fraction of sp³-hybridized carbons (Fsp3) is 0.588. The van der Waals surface area contributed by atoms with Crippen LogP contribution in [0.1, 0.15) is 25.8 Å². The van der Waals surface area contributed by atoms with Gasteiger partial charge in [0.15, 0.2) is 0 Å². The zero-order chi connectivity index (χ0) is 15.7. The predicted molar refractivity (Wildman–Crippen MR) is 93.3 cm³/mol. The molecule has 0 spiro atoms. The van der Waals surface area contributed by atoms with Crippen LogP contribution in [-0.2, 0) is 16.0 Å². The van der Waals surface area contributed by atoms with Crippen LogP contribution >= 0.6 is 12.4 Å². The molecule has 0 saturated carbocycles. The molecule has 1 amide bonds. The number of nitrogens with zero attached hydrogens (tertiary/aromatic N) is 1. The number of hydrogen-bond donors (Lipinski definition) is 1. The van der Waals surface area contributed by atoms with Crippen LogP contribution in [0.15, 0.2) is 30.3 Å². The molecule has 0 fully saturated rings. The molecule has 0 aliphatic carbocycles. The summed E-state index contributed by atoms with van der Waals surface area (Å²) in [6.45, 7) is 5.70. The molecule has 0 aromatic heterocycles. The molecule has 0 radical (unpaired) electrons. The molecule has 5 heteroatoms. The predicted octanol–water partition coefficient (Wildman–Crippen LogP) is 2.50. The summed E-state index contributed by atoms with van der Waals surface area (Å²) in [6.07, 6.45) is 1.93. The monoisotopic (exact) mass is 328 g/mol. The molecule has 2 N–H and O–H groups in total. The topological polar surface area (TPSA) is 55.6 Å². The van der Waals surface area contributed by atoms with Gasteiger partial charge in [0.1, 0.15) is 0 Å². The summed E-state index contributed by atoms with van der Waals surface area (Å²) in [7, 11) is 1.65. The van der Waals surface area contributed by atoms with Gasteiger partial charge in [-0.25, -0.2) is 0 Å². The Labute approximate surface area is 140 Å². The highest BCUT2D eigenvalue weighted by Crippen LogP contribution is 2.09. The number of halogens is 1. The number of amides is 1. The van der Waals surface area contributed by atoms with Crippen molar-refractivity contribution in [1.82, 2.24) is 4.90 Å². The zero-order valence-corrected chi connectivity index (χ0v) is 14.6. The van der Waals surface area contributed by atoms with Crippen molar-refractivity contribution < 1.29 is 9.53 Å². The second kappa shape index (κ2) is 11.5. The fourth-order valence-electron chi connectivity index (χ4n) is 2.17. The van der Waals surface area contributed by atoms with Gasteiger partial charge < -0.3 is 15.4 Å². The molecule has 2 atom stereocenters. The van der Waals surface area contributed by atoms with Crippen LogP contribution in [-0.4, -0.2) is 43.7 Å². The summed E-state index contributed by atoms with van der Waals surface area (Å²) in [6, 6.07) is 10.2. The van der Waals surface area contributed by atoms with Crippen LogP contribution in [0.2, 0.25) is 0 Å². The molecule has 4 nitrogen and oxygen atoms in total. The Balaban J connectivity index is 0.00000441. The van der Waals surface area contributed by atoms with Gasteiger partial charge in [0.25, 0.3) is 0 Å². The van der Waals surface area contributed by atoms with Crippen LogP contribution in [0.4, 0.5) is 0 Å². The summed E-state index contributed by atoms with van der Waals surface area (Å²) >= 11 is 0. The number of rotatable bonds is 9. The Hall–Kier alpha value is -1.10. The number of carbonyl (C=O) groups excluding carboxylic acids is 1. The third kappa shape index (κ3) is 7.25. The lowest BCUT2D eigenvalue weighted by molar-refractivity contribution is -0.136. The number of benzene rings is 1. The Morgan fingerprint density at radius 3 is 2.41 bits per heavy atom. The van der Waals surface area contributed by atoms with Gasteiger partial charge in [0.05, 0.1) is 12.5 Å². The van der Waals surface area contributed by atoms with Crippen molar-refractivity contribution in [3.63, 3.8) is 0 Å². The quantitative estimate of drug-likeness (QED) is 0.757. The van der Waals surface area contributed by atoms with E-state index in [0.717, 1.165) is 19.4 Å². The van der Waals surface area contributed by atoms with Crippen molar-refractivity contribution in [2.45, 2.75) is 32.7 Å². The fourth-order valence-corrected chi connectivity index (χ4v) is 2.17. The van der Waals surface area contributed by atoms with Gasteiger partial charge in [-0.2, -0.15) is 0 Å². The smallest absolute Gasteiger partial charge is 0.227 e. The minimum Gasteiger partial charge on any atom is -0.383 e. The lowest BCUT2D eigenvalue weighted by atomic mass is 10.0. The molecule has 1 aromatic carbocycles. The van der Waals surface area contributed by atoms with E-state index in [-0.39, 0.29) is 30.3 Å². The van der Waals surface area contributed by atoms with Gasteiger partial charge in [-0.3, -0.25) is 4.79 Å². The lowest BCUT2D eigenvalue weighted by Gasteiger charge is -2.27. The third-order valence-corrected chi connectivity index (χ3v) is 3.79. The highest BCUT2D eigenvalue weighted by atomic mass is 35.5. The first-order chi connectivity index (χ1) is 10.1. The molecule has 1 aromatic rings. The van der Waals surface area contributed by atoms with Crippen LogP contribution in [0.25, 0.3) is 0 Å². The minimum atomic E-state index is -0.154. The standard InChI is InChI=1S/C17H28N2O2.ClH/c1-14(15(2)18)17(20)19(12-13-21-3)11-7-10-16-8-5-4-6-9-16;/h4-6,8-9,14-15H,7,10-13,18H2,1-3H3;1H. The molecule has 0 saturated heterocycles. The van der Waals surface area contributed by atoms with Gasteiger partial charge >= 0.3 is 0 Å². The molecule has 1 rings (SSSR count). The average Bonchev–Trinajstić information content (AvgIpc) is 2.50. The first-order valence-corrected chi connectivity index (χ1v) is 7.63. The van der Waals surface area contributed by atoms with Gasteiger partial charge in [0, 0.05) is 26.2 Å². The molecule has 0 heterocycles. The number of nitrogens with two attached hydrogens (primary N) is 1. The SMILES string of the molecule is COCCN(CCCc1ccccc1)C(=O)C(C)C(C)N.Cl. The highest BCUT2D eigenvalue weighted by molar-refractivity contribution is 5.85. The largest absolute Gasteiger partial charge is 0.383 e. The van der Waals surface area contributed by atoms with Gasteiger partial charge in [-0.05, 0) is 25.3 Å². The van der Waals surface area contributed by atoms with E-state index in [1.54, 1.807) is 7.11 Å². The summed E-state index contributed by atoms with van der Waals surface area (Å²) in [4.78, 5) is 14.3. The van der Waals surface area contributed by atoms with Crippen LogP contribution < -0.4 is 5.73 Å². The van der Waals surface area contributed by atoms with Gasteiger partial charge in [-0.1, -0.05) is 37.3 Å². The Bertz CT molecular complexity index is 412. The molecular weight excluding hydrogens is 300 g/mol. The highest BCUT2D eigenvalue weighted by Gasteiger charge is 2.22. The molecule has 0 bridgehead atoms. The lowest BCUT2D eigenvalue weighted by Crippen LogP contribution is -2.43. The number of hydrogen-bond acceptors (Lipinski definition) is 3. The zero-order valence-electron chi connectivity index (χ0n) is 13.8. The van der Waals surface area contributed by atoms with E-state index in [1.807, 2.05) is 36.9 Å². The van der Waals surface area contributed by atoms with Crippen molar-refractivity contribution in [3.05, 3.63) is 35.9 Å². The number of methoxy groups -OCH3 is 1. The van der Waals surface area contributed by atoms with Gasteiger partial charge in [0.2, 0.25) is 5.91 Å². The maximum atomic E-state index is 12.4. The Morgan fingerprint density at radius 2 is 1.86 bits per heavy atom. The molecule has 0 aliphatic heterocycles. The van der Waals surface area contributed by atoms with Crippen molar-refractivity contribution >= 4 is 18.3 Å². The van der Waals surface area contributed by atoms with Crippen molar-refractivity contribution in [1.29, 1.82) is 0 Å². The minimum absolute atomic E-state index is 0. The Morgan fingerprint density at radius 1 is 1.23 bits per heavy atom. The third-order valence-electron chi connectivity index (χ3n) is 3.79. The van der Waals surface area contributed by atoms with Crippen molar-refractivity contribution in [3.8, 4) is 0 Å². The molecule has 2 unspecified atom stereocenters. The average molecular weight is 329 g/mol. The maximum Gasteiger partial charge on any atom is 0.227 e. The second-order valence-electron chi connectivity index (χ2n) is 5.56. The molecule has 0 aliphatic rings. The number of aryl methyl sites for hydroxylation is 1. The summed E-state index contributed by atoms with van der Waals surface area (Å²) in [5.74, 6) is -0.0336. The summed E-state index contributed by atoms with van der Waals surface area (Å²) in [5.41, 5.74) is 7.15.